The van der Waals surface area contributed by atoms with Crippen LogP contribution in [0.4, 0.5) is 24.5 Å². The number of alkyl halides is 3. The molecule has 10 aromatic rings. The Bertz CT molecular complexity index is 3570. The molecule has 298 valence electrons. The Balaban J connectivity index is 1.36. The van der Waals surface area contributed by atoms with Gasteiger partial charge in [-0.15, -0.1) is 0 Å². The number of hydrogen-bond acceptors (Lipinski definition) is 3. The molecule has 0 aliphatic heterocycles. The molecule has 8 aromatic carbocycles. The van der Waals surface area contributed by atoms with Gasteiger partial charge in [0.05, 0.1) is 70.4 Å². The maximum Gasteiger partial charge on any atom is 0.420 e. The van der Waals surface area contributed by atoms with Crippen LogP contribution in [0.25, 0.3) is 98.1 Å². The lowest BCUT2D eigenvalue weighted by Crippen LogP contribution is -2.16. The van der Waals surface area contributed by atoms with E-state index in [-0.39, 0.29) is 33.9 Å². The van der Waals surface area contributed by atoms with Crippen LogP contribution in [0, 0.1) is 47.1 Å². The molecule has 7 nitrogen and oxygen atoms in total. The van der Waals surface area contributed by atoms with Gasteiger partial charge in [0.2, 0.25) is 0 Å². The normalized spacial score (nSPS) is 11.3. The average molecular weight is 830 g/mol. The molecule has 2 heterocycles. The summed E-state index contributed by atoms with van der Waals surface area (Å²) in [7, 11) is 0. The van der Waals surface area contributed by atoms with E-state index >= 15 is 13.2 Å². The first-order valence-corrected chi connectivity index (χ1v) is 19.8. The molecule has 0 unspecified atom stereocenters. The average Bonchev–Trinajstić information content (AvgIpc) is 3.84. The summed E-state index contributed by atoms with van der Waals surface area (Å²) in [5.41, 5.74) is 5.37. The zero-order valence-electron chi connectivity index (χ0n) is 33.3. The molecule has 0 N–H and O–H groups in total. The Kier molecular flexibility index (Phi) is 9.06. The summed E-state index contributed by atoms with van der Waals surface area (Å²) in [5.74, 6) is 0. The number of benzene rings is 8. The van der Waals surface area contributed by atoms with Crippen LogP contribution < -0.4 is 0 Å². The monoisotopic (exact) mass is 829 g/mol. The van der Waals surface area contributed by atoms with Crippen molar-refractivity contribution in [2.75, 3.05) is 0 Å². The lowest BCUT2D eigenvalue weighted by atomic mass is 9.97. The van der Waals surface area contributed by atoms with Gasteiger partial charge >= 0.3 is 6.18 Å². The highest BCUT2D eigenvalue weighted by Crippen LogP contribution is 2.47. The zero-order chi connectivity index (χ0) is 44.3. The zero-order valence-corrected chi connectivity index (χ0v) is 33.3. The van der Waals surface area contributed by atoms with E-state index in [0.717, 1.165) is 0 Å². The van der Waals surface area contributed by atoms with Crippen molar-refractivity contribution in [3.8, 4) is 63.0 Å². The third-order valence-corrected chi connectivity index (χ3v) is 11.6. The molecule has 0 radical (unpaired) electrons. The molecule has 0 saturated heterocycles. The summed E-state index contributed by atoms with van der Waals surface area (Å²) in [6.07, 6.45) is -4.94. The van der Waals surface area contributed by atoms with Crippen LogP contribution in [0.3, 0.4) is 0 Å². The fraction of sp³-hybridized carbons (Fsp3) is 0.0185. The van der Waals surface area contributed by atoms with Crippen molar-refractivity contribution in [3.63, 3.8) is 0 Å². The Morgan fingerprint density at radius 2 is 0.828 bits per heavy atom. The lowest BCUT2D eigenvalue weighted by molar-refractivity contribution is -0.137. The van der Waals surface area contributed by atoms with Gasteiger partial charge in [0.25, 0.3) is 0 Å². The SMILES string of the molecule is [C-]#[N+]c1cc(C#N)cc(-c2ccc3c4ccccc4n(-c4cc(-c5cccc(C#N)c5)cc(-n5c6ccccc6c6ccc(-c7cc(C#N)cc([N+]#[C-])c7)cc65)c4C(F)(F)F)c3c2)c1. The minimum atomic E-state index is -4.94. The summed E-state index contributed by atoms with van der Waals surface area (Å²) in [4.78, 5) is 7.11. The molecule has 2 aromatic heterocycles. The van der Waals surface area contributed by atoms with E-state index in [1.54, 1.807) is 94.1 Å². The molecule has 0 aliphatic carbocycles. The number of hydrogen-bond donors (Lipinski definition) is 0. The second kappa shape index (κ2) is 14.9. The number of nitriles is 3. The van der Waals surface area contributed by atoms with Crippen molar-refractivity contribution < 1.29 is 13.2 Å². The fourth-order valence-electron chi connectivity index (χ4n) is 8.82. The number of para-hydroxylation sites is 2. The summed E-state index contributed by atoms with van der Waals surface area (Å²) in [6, 6.07) is 51.3. The summed E-state index contributed by atoms with van der Waals surface area (Å²) in [5, 5.41) is 32.3. The summed E-state index contributed by atoms with van der Waals surface area (Å²) >= 11 is 0. The summed E-state index contributed by atoms with van der Waals surface area (Å²) < 4.78 is 53.0. The topological polar surface area (TPSA) is 90.0 Å². The van der Waals surface area contributed by atoms with E-state index < -0.39 is 11.7 Å². The third kappa shape index (κ3) is 6.34. The van der Waals surface area contributed by atoms with E-state index in [0.29, 0.717) is 82.6 Å². The van der Waals surface area contributed by atoms with Gasteiger partial charge in [0.1, 0.15) is 5.56 Å². The number of rotatable bonds is 5. The van der Waals surface area contributed by atoms with Crippen LogP contribution in [-0.4, -0.2) is 9.13 Å². The smallest absolute Gasteiger partial charge is 0.309 e. The highest BCUT2D eigenvalue weighted by molar-refractivity contribution is 6.12. The Hall–Kier alpha value is -9.40. The molecule has 10 rings (SSSR count). The minimum absolute atomic E-state index is 0.163. The first-order chi connectivity index (χ1) is 31.1. The highest BCUT2D eigenvalue weighted by Gasteiger charge is 2.39. The number of nitrogens with zero attached hydrogens (tertiary/aromatic N) is 7. The van der Waals surface area contributed by atoms with Crippen LogP contribution in [0.1, 0.15) is 22.3 Å². The van der Waals surface area contributed by atoms with Crippen molar-refractivity contribution in [1.29, 1.82) is 15.8 Å². The van der Waals surface area contributed by atoms with Crippen LogP contribution in [0.5, 0.6) is 0 Å². The van der Waals surface area contributed by atoms with Gasteiger partial charge in [-0.05, 0) is 118 Å². The molecule has 0 aliphatic rings. The number of aromatic nitrogens is 2. The van der Waals surface area contributed by atoms with E-state index in [1.807, 2.05) is 48.5 Å². The quantitative estimate of drug-likeness (QED) is 0.162. The van der Waals surface area contributed by atoms with Crippen molar-refractivity contribution in [2.45, 2.75) is 6.18 Å². The van der Waals surface area contributed by atoms with E-state index in [2.05, 4.69) is 27.9 Å². The predicted octanol–water partition coefficient (Wildman–Crippen LogP) is 14.6. The van der Waals surface area contributed by atoms with Gasteiger partial charge in [0.15, 0.2) is 11.4 Å². The fourth-order valence-corrected chi connectivity index (χ4v) is 8.82. The molecule has 10 heteroatoms. The lowest BCUT2D eigenvalue weighted by Gasteiger charge is -2.23. The van der Waals surface area contributed by atoms with Crippen LogP contribution in [0.2, 0.25) is 0 Å². The molecule has 0 saturated carbocycles. The van der Waals surface area contributed by atoms with Crippen molar-refractivity contribution in [3.05, 3.63) is 203 Å². The van der Waals surface area contributed by atoms with Gasteiger partial charge in [0, 0.05) is 32.7 Å². The highest BCUT2D eigenvalue weighted by atomic mass is 19.4. The minimum Gasteiger partial charge on any atom is -0.309 e. The number of fused-ring (bicyclic) bond motifs is 6. The van der Waals surface area contributed by atoms with Crippen molar-refractivity contribution in [2.24, 2.45) is 0 Å². The molecular weight excluding hydrogens is 804 g/mol. The molecule has 0 spiro atoms. The molecule has 0 atom stereocenters. The van der Waals surface area contributed by atoms with E-state index in [4.69, 9.17) is 13.1 Å². The van der Waals surface area contributed by atoms with Gasteiger partial charge in [-0.25, -0.2) is 9.69 Å². The molecule has 0 fully saturated rings. The molecule has 64 heavy (non-hydrogen) atoms. The van der Waals surface area contributed by atoms with Gasteiger partial charge in [-0.3, -0.25) is 0 Å². The molecular formula is C54H26F3N7. The van der Waals surface area contributed by atoms with Gasteiger partial charge < -0.3 is 9.13 Å². The van der Waals surface area contributed by atoms with Crippen LogP contribution >= 0.6 is 0 Å². The Morgan fingerprint density at radius 3 is 1.28 bits per heavy atom. The maximum atomic E-state index is 16.6. The van der Waals surface area contributed by atoms with E-state index in [1.165, 1.54) is 24.3 Å². The van der Waals surface area contributed by atoms with Crippen molar-refractivity contribution in [1.82, 2.24) is 9.13 Å². The molecule has 0 amide bonds. The maximum absolute atomic E-state index is 16.6. The second-order valence-electron chi connectivity index (χ2n) is 15.2. The molecule has 0 bridgehead atoms. The van der Waals surface area contributed by atoms with Crippen LogP contribution in [-0.2, 0) is 6.18 Å². The van der Waals surface area contributed by atoms with Gasteiger partial charge in [-0.1, -0.05) is 72.8 Å². The largest absolute Gasteiger partial charge is 0.420 e. The standard InChI is InChI=1S/C54H26F3N7/c1-61-41-21-33(30-59)19-38(23-41)36-14-16-45-43-10-3-5-12-47(43)63(49(45)25-36)51-27-40(35-9-7-8-32(18-35)29-58)28-52(53(51)54(55,56)57)64-48-13-6-4-11-44(48)46-17-15-37(26-50(46)64)39-20-34(31-60)22-42(24-39)62-2/h3-28H. The Labute approximate surface area is 363 Å². The number of halogens is 3. The van der Waals surface area contributed by atoms with Crippen LogP contribution in [0.15, 0.2) is 158 Å². The predicted molar refractivity (Wildman–Crippen MR) is 243 cm³/mol. The first kappa shape index (κ1) is 38.8. The van der Waals surface area contributed by atoms with E-state index in [9.17, 15) is 15.8 Å². The van der Waals surface area contributed by atoms with Crippen molar-refractivity contribution >= 4 is 55.0 Å². The second-order valence-corrected chi connectivity index (χ2v) is 15.2. The van der Waals surface area contributed by atoms with Gasteiger partial charge in [-0.2, -0.15) is 29.0 Å². The Morgan fingerprint density at radius 1 is 0.406 bits per heavy atom. The summed E-state index contributed by atoms with van der Waals surface area (Å²) in [6.45, 7) is 15.3. The third-order valence-electron chi connectivity index (χ3n) is 11.6. The first-order valence-electron chi connectivity index (χ1n) is 19.8.